The molecule has 0 bridgehead atoms. The predicted molar refractivity (Wildman–Crippen MR) is 135 cm³/mol. The molecule has 0 saturated carbocycles. The van der Waals surface area contributed by atoms with E-state index in [4.69, 9.17) is 11.2 Å². The first-order chi connectivity index (χ1) is 16.5. The number of aryl methyl sites for hydroxylation is 1. The number of rotatable bonds is 6. The van der Waals surface area contributed by atoms with E-state index in [1.54, 1.807) is 18.2 Å². The molecular weight excluding hydrogens is 426 g/mol. The number of ether oxygens (including phenoxy) is 1. The Morgan fingerprint density at radius 3 is 2.68 bits per heavy atom. The number of methoxy groups -OCH3 is 1. The molecule has 0 spiro atoms. The van der Waals surface area contributed by atoms with Gasteiger partial charge in [0.15, 0.2) is 0 Å². The third-order valence-electron chi connectivity index (χ3n) is 6.21. The molecule has 2 N–H and O–H groups in total. The molecule has 1 aromatic heterocycles. The fourth-order valence-corrected chi connectivity index (χ4v) is 4.31. The van der Waals surface area contributed by atoms with Gasteiger partial charge in [0, 0.05) is 17.4 Å². The van der Waals surface area contributed by atoms with Gasteiger partial charge < -0.3 is 20.3 Å². The van der Waals surface area contributed by atoms with Crippen molar-refractivity contribution < 1.29 is 9.53 Å². The molecule has 34 heavy (non-hydrogen) atoms. The van der Waals surface area contributed by atoms with E-state index in [0.29, 0.717) is 23.1 Å². The van der Waals surface area contributed by atoms with Crippen LogP contribution in [0.3, 0.4) is 0 Å². The highest BCUT2D eigenvalue weighted by Gasteiger charge is 2.20. The van der Waals surface area contributed by atoms with Crippen LogP contribution < -0.4 is 15.4 Å². The van der Waals surface area contributed by atoms with Gasteiger partial charge in [0.05, 0.1) is 12.8 Å². The Morgan fingerprint density at radius 2 is 1.97 bits per heavy atom. The van der Waals surface area contributed by atoms with Gasteiger partial charge in [-0.05, 0) is 81.2 Å². The van der Waals surface area contributed by atoms with Gasteiger partial charge in [-0.25, -0.2) is 4.98 Å². The number of anilines is 3. The average molecular weight is 456 g/mol. The lowest BCUT2D eigenvalue weighted by Crippen LogP contribution is -2.29. The second-order valence-electron chi connectivity index (χ2n) is 8.53. The molecular formula is C27H29N5O2. The summed E-state index contributed by atoms with van der Waals surface area (Å²) in [5.41, 5.74) is 4.88. The number of amides is 1. The van der Waals surface area contributed by atoms with Crippen molar-refractivity contribution in [2.75, 3.05) is 37.9 Å². The van der Waals surface area contributed by atoms with Crippen molar-refractivity contribution in [2.45, 2.75) is 25.7 Å². The Bertz CT molecular complexity index is 1230. The lowest BCUT2D eigenvalue weighted by molar-refractivity contribution is 0.102. The van der Waals surface area contributed by atoms with Gasteiger partial charge in [0.2, 0.25) is 11.8 Å². The first-order valence-corrected chi connectivity index (χ1v) is 11.3. The standard InChI is InChI=1S/C27H29N5O2/c1-5-19-8-6-7-9-24(19)30-25(33)23-17-28-27(31-26(23)34-4)29-21-10-11-22(18(2)16-21)20-12-14-32(3)15-13-20/h1,6-11,16-17,20H,12-15H2,2-4H3,(H,30,33)(H,28,29,31). The third kappa shape index (κ3) is 5.19. The zero-order valence-corrected chi connectivity index (χ0v) is 19.8. The van der Waals surface area contributed by atoms with E-state index >= 15 is 0 Å². The SMILES string of the molecule is C#Cc1ccccc1NC(=O)c1cnc(Nc2ccc(C3CCN(C)CC3)c(C)c2)nc1OC. The lowest BCUT2D eigenvalue weighted by atomic mass is 9.87. The van der Waals surface area contributed by atoms with Crippen LogP contribution >= 0.6 is 0 Å². The smallest absolute Gasteiger partial charge is 0.262 e. The number of nitrogens with zero attached hydrogens (tertiary/aromatic N) is 3. The Labute approximate surface area is 200 Å². The maximum absolute atomic E-state index is 12.8. The summed E-state index contributed by atoms with van der Waals surface area (Å²) in [6, 6.07) is 13.5. The highest BCUT2D eigenvalue weighted by molar-refractivity contribution is 6.06. The summed E-state index contributed by atoms with van der Waals surface area (Å²) in [5, 5.41) is 6.03. The van der Waals surface area contributed by atoms with Gasteiger partial charge in [-0.2, -0.15) is 4.98 Å². The molecule has 1 aliphatic rings. The van der Waals surface area contributed by atoms with Crippen molar-refractivity contribution in [3.63, 3.8) is 0 Å². The fourth-order valence-electron chi connectivity index (χ4n) is 4.31. The Balaban J connectivity index is 1.49. The molecule has 2 heterocycles. The Kier molecular flexibility index (Phi) is 7.09. The van der Waals surface area contributed by atoms with Crippen LogP contribution in [0.2, 0.25) is 0 Å². The van der Waals surface area contributed by atoms with Crippen molar-refractivity contribution >= 4 is 23.2 Å². The molecule has 7 heteroatoms. The minimum Gasteiger partial charge on any atom is -0.480 e. The molecule has 0 unspecified atom stereocenters. The van der Waals surface area contributed by atoms with E-state index < -0.39 is 5.91 Å². The number of hydrogen-bond acceptors (Lipinski definition) is 6. The number of benzene rings is 2. The molecule has 1 amide bonds. The third-order valence-corrected chi connectivity index (χ3v) is 6.21. The molecule has 3 aromatic rings. The maximum Gasteiger partial charge on any atom is 0.262 e. The van der Waals surface area contributed by atoms with Crippen molar-refractivity contribution in [1.82, 2.24) is 14.9 Å². The molecule has 0 radical (unpaired) electrons. The fraction of sp³-hybridized carbons (Fsp3) is 0.296. The maximum atomic E-state index is 12.8. The summed E-state index contributed by atoms with van der Waals surface area (Å²) in [5.74, 6) is 3.28. The van der Waals surface area contributed by atoms with Crippen molar-refractivity contribution in [3.05, 3.63) is 70.9 Å². The van der Waals surface area contributed by atoms with E-state index in [0.717, 1.165) is 18.8 Å². The topological polar surface area (TPSA) is 79.4 Å². The number of terminal acetylenes is 1. The summed E-state index contributed by atoms with van der Waals surface area (Å²) in [7, 11) is 3.65. The van der Waals surface area contributed by atoms with Crippen LogP contribution in [0.5, 0.6) is 5.88 Å². The molecule has 1 aliphatic heterocycles. The van der Waals surface area contributed by atoms with E-state index in [2.05, 4.69) is 57.5 Å². The molecule has 2 aromatic carbocycles. The van der Waals surface area contributed by atoms with Crippen LogP contribution in [-0.4, -0.2) is 48.0 Å². The normalized spacial score (nSPS) is 14.3. The van der Waals surface area contributed by atoms with Crippen LogP contribution in [0.1, 0.15) is 45.8 Å². The minimum atomic E-state index is -0.399. The Hall–Kier alpha value is -3.89. The highest BCUT2D eigenvalue weighted by Crippen LogP contribution is 2.31. The quantitative estimate of drug-likeness (QED) is 0.530. The number of aromatic nitrogens is 2. The number of para-hydroxylation sites is 1. The summed E-state index contributed by atoms with van der Waals surface area (Å²) in [6.45, 7) is 4.40. The van der Waals surface area contributed by atoms with Crippen molar-refractivity contribution in [1.29, 1.82) is 0 Å². The predicted octanol–water partition coefficient (Wildman–Crippen LogP) is 4.58. The second-order valence-corrected chi connectivity index (χ2v) is 8.53. The van der Waals surface area contributed by atoms with Crippen molar-refractivity contribution in [2.24, 2.45) is 0 Å². The monoisotopic (exact) mass is 455 g/mol. The van der Waals surface area contributed by atoms with Gasteiger partial charge in [-0.1, -0.05) is 24.1 Å². The molecule has 4 rings (SSSR count). The average Bonchev–Trinajstić information content (AvgIpc) is 2.85. The van der Waals surface area contributed by atoms with Crippen molar-refractivity contribution in [3.8, 4) is 18.2 Å². The van der Waals surface area contributed by atoms with Crippen LogP contribution in [-0.2, 0) is 0 Å². The van der Waals surface area contributed by atoms with Gasteiger partial charge in [0.1, 0.15) is 5.56 Å². The largest absolute Gasteiger partial charge is 0.480 e. The number of likely N-dealkylation sites (tertiary alicyclic amines) is 1. The van der Waals surface area contributed by atoms with Crippen LogP contribution in [0.4, 0.5) is 17.3 Å². The van der Waals surface area contributed by atoms with Gasteiger partial charge in [0.25, 0.3) is 5.91 Å². The summed E-state index contributed by atoms with van der Waals surface area (Å²) in [6.07, 6.45) is 9.33. The number of carbonyl (C=O) groups excluding carboxylic acids is 1. The zero-order chi connectivity index (χ0) is 24.1. The first-order valence-electron chi connectivity index (χ1n) is 11.3. The molecule has 1 saturated heterocycles. The number of nitrogens with one attached hydrogen (secondary N) is 2. The first kappa shape index (κ1) is 23.3. The number of carbonyl (C=O) groups is 1. The molecule has 0 aliphatic carbocycles. The molecule has 1 fully saturated rings. The van der Waals surface area contributed by atoms with Crippen LogP contribution in [0, 0.1) is 19.3 Å². The summed E-state index contributed by atoms with van der Waals surface area (Å²) >= 11 is 0. The van der Waals surface area contributed by atoms with Gasteiger partial charge in [-0.15, -0.1) is 6.42 Å². The zero-order valence-electron chi connectivity index (χ0n) is 19.8. The number of hydrogen-bond donors (Lipinski definition) is 2. The molecule has 0 atom stereocenters. The van der Waals surface area contributed by atoms with E-state index in [-0.39, 0.29) is 11.4 Å². The van der Waals surface area contributed by atoms with Gasteiger partial charge >= 0.3 is 0 Å². The van der Waals surface area contributed by atoms with Crippen LogP contribution in [0.25, 0.3) is 0 Å². The second kappa shape index (κ2) is 10.4. The highest BCUT2D eigenvalue weighted by atomic mass is 16.5. The minimum absolute atomic E-state index is 0.174. The van der Waals surface area contributed by atoms with E-state index in [9.17, 15) is 4.79 Å². The lowest BCUT2D eigenvalue weighted by Gasteiger charge is -2.30. The van der Waals surface area contributed by atoms with Gasteiger partial charge in [-0.3, -0.25) is 4.79 Å². The molecule has 174 valence electrons. The Morgan fingerprint density at radius 1 is 1.21 bits per heavy atom. The van der Waals surface area contributed by atoms with E-state index in [1.807, 2.05) is 12.1 Å². The summed E-state index contributed by atoms with van der Waals surface area (Å²) < 4.78 is 5.37. The van der Waals surface area contributed by atoms with E-state index in [1.165, 1.54) is 37.3 Å². The number of piperidine rings is 1. The summed E-state index contributed by atoms with van der Waals surface area (Å²) in [4.78, 5) is 23.9. The van der Waals surface area contributed by atoms with Crippen LogP contribution in [0.15, 0.2) is 48.7 Å². The molecule has 7 nitrogen and oxygen atoms in total.